The summed E-state index contributed by atoms with van der Waals surface area (Å²) in [4.78, 5) is 0. The van der Waals surface area contributed by atoms with Gasteiger partial charge in [0.25, 0.3) is 0 Å². The number of ether oxygens (including phenoxy) is 2. The number of aliphatic hydroxyl groups is 1. The van der Waals surface area contributed by atoms with Crippen LogP contribution in [0, 0.1) is 0 Å². The Morgan fingerprint density at radius 1 is 1.16 bits per heavy atom. The molecule has 1 aromatic carbocycles. The molecule has 0 aliphatic carbocycles. The molecule has 1 N–H and O–H groups in total. The molecule has 0 saturated heterocycles. The van der Waals surface area contributed by atoms with E-state index in [2.05, 4.69) is 6.26 Å². The fraction of sp³-hybridized carbons (Fsp3) is 0.600. The largest absolute Gasteiger partial charge is 0.490 e. The SMILES string of the molecule is CCOc1ccc(C(O)CCCSC)cc1OCC. The van der Waals surface area contributed by atoms with Crippen molar-refractivity contribution in [2.75, 3.05) is 25.2 Å². The van der Waals surface area contributed by atoms with Crippen molar-refractivity contribution in [2.24, 2.45) is 0 Å². The minimum absolute atomic E-state index is 0.429. The van der Waals surface area contributed by atoms with Gasteiger partial charge in [-0.05, 0) is 56.4 Å². The fourth-order valence-corrected chi connectivity index (χ4v) is 2.32. The van der Waals surface area contributed by atoms with Crippen molar-refractivity contribution in [2.45, 2.75) is 32.8 Å². The normalized spacial score (nSPS) is 12.2. The van der Waals surface area contributed by atoms with Crippen LogP contribution in [0.4, 0.5) is 0 Å². The fourth-order valence-electron chi connectivity index (χ4n) is 1.86. The van der Waals surface area contributed by atoms with Gasteiger partial charge in [0.1, 0.15) is 0 Å². The average Bonchev–Trinajstić information content (AvgIpc) is 2.41. The van der Waals surface area contributed by atoms with Gasteiger partial charge in [-0.3, -0.25) is 0 Å². The van der Waals surface area contributed by atoms with E-state index in [0.717, 1.165) is 29.9 Å². The molecule has 0 saturated carbocycles. The molecule has 19 heavy (non-hydrogen) atoms. The van der Waals surface area contributed by atoms with E-state index in [-0.39, 0.29) is 0 Å². The van der Waals surface area contributed by atoms with E-state index in [4.69, 9.17) is 9.47 Å². The second kappa shape index (κ2) is 9.10. The lowest BCUT2D eigenvalue weighted by molar-refractivity contribution is 0.166. The monoisotopic (exact) mass is 284 g/mol. The van der Waals surface area contributed by atoms with Crippen LogP contribution in [0.25, 0.3) is 0 Å². The lowest BCUT2D eigenvalue weighted by Crippen LogP contribution is -2.02. The zero-order valence-electron chi connectivity index (χ0n) is 12.0. The molecular weight excluding hydrogens is 260 g/mol. The van der Waals surface area contributed by atoms with Crippen LogP contribution in [0.2, 0.25) is 0 Å². The van der Waals surface area contributed by atoms with E-state index < -0.39 is 6.10 Å². The average molecular weight is 284 g/mol. The number of benzene rings is 1. The first-order valence-electron chi connectivity index (χ1n) is 6.79. The Hall–Kier alpha value is -0.870. The van der Waals surface area contributed by atoms with Crippen LogP contribution in [0.1, 0.15) is 38.4 Å². The Labute approximate surface area is 120 Å². The highest BCUT2D eigenvalue weighted by atomic mass is 32.2. The van der Waals surface area contributed by atoms with Crippen LogP contribution >= 0.6 is 11.8 Å². The Balaban J connectivity index is 2.75. The van der Waals surface area contributed by atoms with Gasteiger partial charge < -0.3 is 14.6 Å². The summed E-state index contributed by atoms with van der Waals surface area (Å²) in [5, 5.41) is 10.2. The zero-order chi connectivity index (χ0) is 14.1. The molecule has 4 heteroatoms. The standard InChI is InChI=1S/C15H24O3S/c1-4-17-14-9-8-12(11-15(14)18-5-2)13(16)7-6-10-19-3/h8-9,11,13,16H,4-7,10H2,1-3H3. The zero-order valence-corrected chi connectivity index (χ0v) is 12.8. The minimum atomic E-state index is -0.429. The number of aliphatic hydroxyl groups excluding tert-OH is 1. The third-order valence-electron chi connectivity index (χ3n) is 2.78. The van der Waals surface area contributed by atoms with E-state index in [1.54, 1.807) is 11.8 Å². The van der Waals surface area contributed by atoms with Gasteiger partial charge >= 0.3 is 0 Å². The highest BCUT2D eigenvalue weighted by Crippen LogP contribution is 2.32. The summed E-state index contributed by atoms with van der Waals surface area (Å²) >= 11 is 1.80. The van der Waals surface area contributed by atoms with E-state index in [1.165, 1.54) is 0 Å². The maximum Gasteiger partial charge on any atom is 0.161 e. The maximum atomic E-state index is 10.2. The molecule has 0 fully saturated rings. The molecule has 0 radical (unpaired) electrons. The van der Waals surface area contributed by atoms with Crippen molar-refractivity contribution in [1.82, 2.24) is 0 Å². The minimum Gasteiger partial charge on any atom is -0.490 e. The predicted octanol–water partition coefficient (Wildman–Crippen LogP) is 3.66. The first-order valence-corrected chi connectivity index (χ1v) is 8.18. The Bertz CT molecular complexity index is 368. The lowest BCUT2D eigenvalue weighted by atomic mass is 10.0. The molecule has 0 aliphatic heterocycles. The summed E-state index contributed by atoms with van der Waals surface area (Å²) in [6.07, 6.45) is 3.44. The molecule has 0 aliphatic rings. The summed E-state index contributed by atoms with van der Waals surface area (Å²) in [5.41, 5.74) is 0.896. The first kappa shape index (κ1) is 16.2. The maximum absolute atomic E-state index is 10.2. The summed E-state index contributed by atoms with van der Waals surface area (Å²) in [7, 11) is 0. The van der Waals surface area contributed by atoms with E-state index in [0.29, 0.717) is 19.0 Å². The number of thioether (sulfide) groups is 1. The lowest BCUT2D eigenvalue weighted by Gasteiger charge is -2.15. The molecule has 0 aromatic heterocycles. The number of rotatable bonds is 9. The van der Waals surface area contributed by atoms with Crippen LogP contribution in [0.15, 0.2) is 18.2 Å². The van der Waals surface area contributed by atoms with Crippen LogP contribution in [-0.2, 0) is 0 Å². The van der Waals surface area contributed by atoms with E-state index in [1.807, 2.05) is 32.0 Å². The summed E-state index contributed by atoms with van der Waals surface area (Å²) in [6.45, 7) is 5.08. The molecule has 108 valence electrons. The van der Waals surface area contributed by atoms with E-state index >= 15 is 0 Å². The van der Waals surface area contributed by atoms with E-state index in [9.17, 15) is 5.11 Å². The van der Waals surface area contributed by atoms with Crippen LogP contribution in [0.3, 0.4) is 0 Å². The molecule has 0 heterocycles. The van der Waals surface area contributed by atoms with Gasteiger partial charge in [-0.2, -0.15) is 11.8 Å². The van der Waals surface area contributed by atoms with Gasteiger partial charge in [0, 0.05) is 0 Å². The van der Waals surface area contributed by atoms with Gasteiger partial charge in [0.2, 0.25) is 0 Å². The summed E-state index contributed by atoms with van der Waals surface area (Å²) in [5.74, 6) is 2.53. The molecule has 1 aromatic rings. The van der Waals surface area contributed by atoms with Crippen molar-refractivity contribution < 1.29 is 14.6 Å². The van der Waals surface area contributed by atoms with Crippen LogP contribution in [-0.4, -0.2) is 30.3 Å². The number of hydrogen-bond acceptors (Lipinski definition) is 4. The van der Waals surface area contributed by atoms with Crippen molar-refractivity contribution in [1.29, 1.82) is 0 Å². The topological polar surface area (TPSA) is 38.7 Å². The predicted molar refractivity (Wildman–Crippen MR) is 81.4 cm³/mol. The molecule has 1 unspecified atom stereocenters. The third-order valence-corrected chi connectivity index (χ3v) is 3.48. The highest BCUT2D eigenvalue weighted by molar-refractivity contribution is 7.98. The molecule has 0 bridgehead atoms. The molecular formula is C15H24O3S. The Kier molecular flexibility index (Phi) is 7.75. The summed E-state index contributed by atoms with van der Waals surface area (Å²) in [6, 6.07) is 5.68. The second-order valence-electron chi connectivity index (χ2n) is 4.22. The van der Waals surface area contributed by atoms with Gasteiger partial charge in [-0.15, -0.1) is 0 Å². The number of hydrogen-bond donors (Lipinski definition) is 1. The highest BCUT2D eigenvalue weighted by Gasteiger charge is 2.12. The van der Waals surface area contributed by atoms with Crippen LogP contribution < -0.4 is 9.47 Å². The van der Waals surface area contributed by atoms with Gasteiger partial charge in [-0.1, -0.05) is 6.07 Å². The first-order chi connectivity index (χ1) is 9.22. The molecule has 1 rings (SSSR count). The van der Waals surface area contributed by atoms with Gasteiger partial charge in [0.15, 0.2) is 11.5 Å². The molecule has 1 atom stereocenters. The summed E-state index contributed by atoms with van der Waals surface area (Å²) < 4.78 is 11.1. The van der Waals surface area contributed by atoms with Crippen molar-refractivity contribution in [3.8, 4) is 11.5 Å². The van der Waals surface area contributed by atoms with Crippen molar-refractivity contribution in [3.05, 3.63) is 23.8 Å². The molecule has 3 nitrogen and oxygen atoms in total. The Morgan fingerprint density at radius 3 is 2.47 bits per heavy atom. The van der Waals surface area contributed by atoms with Gasteiger partial charge in [0.05, 0.1) is 19.3 Å². The van der Waals surface area contributed by atoms with Gasteiger partial charge in [-0.25, -0.2) is 0 Å². The third kappa shape index (κ3) is 5.33. The van der Waals surface area contributed by atoms with Crippen LogP contribution in [0.5, 0.6) is 11.5 Å². The molecule has 0 spiro atoms. The molecule has 0 amide bonds. The Morgan fingerprint density at radius 2 is 1.84 bits per heavy atom. The van der Waals surface area contributed by atoms with Crippen molar-refractivity contribution >= 4 is 11.8 Å². The quantitative estimate of drug-likeness (QED) is 0.702. The second-order valence-corrected chi connectivity index (χ2v) is 5.21. The van der Waals surface area contributed by atoms with Crippen molar-refractivity contribution in [3.63, 3.8) is 0 Å². The smallest absolute Gasteiger partial charge is 0.161 e.